The lowest BCUT2D eigenvalue weighted by Crippen LogP contribution is -2.13. The number of carbonyl (C=O) groups is 1. The first-order valence-electron chi connectivity index (χ1n) is 8.46. The Morgan fingerprint density at radius 3 is 2.36 bits per heavy atom. The summed E-state index contributed by atoms with van der Waals surface area (Å²) in [6.45, 7) is 4.17. The molecule has 0 aliphatic heterocycles. The fourth-order valence-corrected chi connectivity index (χ4v) is 2.38. The Morgan fingerprint density at radius 2 is 1.72 bits per heavy atom. The van der Waals surface area contributed by atoms with Gasteiger partial charge < -0.3 is 19.9 Å². The van der Waals surface area contributed by atoms with Gasteiger partial charge in [-0.3, -0.25) is 0 Å². The normalized spacial score (nSPS) is 10.5. The molecule has 25 heavy (non-hydrogen) atoms. The molecule has 0 amide bonds. The van der Waals surface area contributed by atoms with Gasteiger partial charge >= 0.3 is 5.97 Å². The molecule has 0 aliphatic rings. The Hall–Kier alpha value is -2.53. The van der Waals surface area contributed by atoms with E-state index in [1.54, 1.807) is 19.2 Å². The predicted octanol–water partition coefficient (Wildman–Crippen LogP) is 3.86. The molecule has 2 N–H and O–H groups in total. The summed E-state index contributed by atoms with van der Waals surface area (Å²) < 4.78 is 11.1. The number of carboxylic acids is 1. The molecule has 5 nitrogen and oxygen atoms in total. The highest BCUT2D eigenvalue weighted by Gasteiger charge is 2.06. The lowest BCUT2D eigenvalue weighted by molar-refractivity contribution is 0.0697. The predicted molar refractivity (Wildman–Crippen MR) is 97.3 cm³/mol. The molecule has 5 heteroatoms. The number of methoxy groups -OCH3 is 1. The van der Waals surface area contributed by atoms with Crippen LogP contribution >= 0.6 is 0 Å². The third-order valence-electron chi connectivity index (χ3n) is 3.84. The lowest BCUT2D eigenvalue weighted by Gasteiger charge is -2.12. The molecule has 0 atom stereocenters. The summed E-state index contributed by atoms with van der Waals surface area (Å²) in [6.07, 6.45) is 2.12. The van der Waals surface area contributed by atoms with Crippen LogP contribution in [0.1, 0.15) is 41.3 Å². The van der Waals surface area contributed by atoms with E-state index in [1.807, 2.05) is 30.3 Å². The molecule has 2 aromatic carbocycles. The van der Waals surface area contributed by atoms with Crippen LogP contribution in [0, 0.1) is 0 Å². The van der Waals surface area contributed by atoms with Gasteiger partial charge in [-0.05, 0) is 41.8 Å². The zero-order chi connectivity index (χ0) is 18.1. The van der Waals surface area contributed by atoms with Crippen LogP contribution in [0.15, 0.2) is 42.5 Å². The second kappa shape index (κ2) is 9.69. The molecule has 0 spiro atoms. The Kier molecular flexibility index (Phi) is 7.29. The summed E-state index contributed by atoms with van der Waals surface area (Å²) >= 11 is 0. The Morgan fingerprint density at radius 1 is 1.04 bits per heavy atom. The van der Waals surface area contributed by atoms with Crippen molar-refractivity contribution < 1.29 is 19.4 Å². The fraction of sp³-hybridized carbons (Fsp3) is 0.350. The van der Waals surface area contributed by atoms with Crippen LogP contribution in [-0.4, -0.2) is 24.8 Å². The maximum absolute atomic E-state index is 10.8. The standard InChI is InChI=1S/C20H25NO4/c1-3-4-11-25-18-10-7-16(12-19(18)24-2)14-21-13-15-5-8-17(9-6-15)20(22)23/h5-10,12,21H,3-4,11,13-14H2,1-2H3,(H,22,23). The fourth-order valence-electron chi connectivity index (χ4n) is 2.38. The van der Waals surface area contributed by atoms with E-state index in [1.165, 1.54) is 0 Å². The average Bonchev–Trinajstić information content (AvgIpc) is 2.63. The third-order valence-corrected chi connectivity index (χ3v) is 3.84. The summed E-state index contributed by atoms with van der Waals surface area (Å²) in [4.78, 5) is 10.8. The van der Waals surface area contributed by atoms with E-state index in [-0.39, 0.29) is 0 Å². The van der Waals surface area contributed by atoms with Crippen molar-refractivity contribution in [1.29, 1.82) is 0 Å². The first kappa shape index (κ1) is 18.8. The van der Waals surface area contributed by atoms with Gasteiger partial charge in [0.2, 0.25) is 0 Å². The maximum atomic E-state index is 10.8. The average molecular weight is 343 g/mol. The van der Waals surface area contributed by atoms with Crippen molar-refractivity contribution >= 4 is 5.97 Å². The smallest absolute Gasteiger partial charge is 0.335 e. The van der Waals surface area contributed by atoms with Crippen molar-refractivity contribution in [3.63, 3.8) is 0 Å². The topological polar surface area (TPSA) is 67.8 Å². The van der Waals surface area contributed by atoms with E-state index in [0.29, 0.717) is 25.3 Å². The molecule has 0 saturated heterocycles. The molecule has 0 aromatic heterocycles. The van der Waals surface area contributed by atoms with Crippen LogP contribution in [-0.2, 0) is 13.1 Å². The van der Waals surface area contributed by atoms with Crippen LogP contribution in [0.2, 0.25) is 0 Å². The highest BCUT2D eigenvalue weighted by molar-refractivity contribution is 5.87. The number of carboxylic acid groups (broad SMARTS) is 1. The van der Waals surface area contributed by atoms with Crippen molar-refractivity contribution in [3.8, 4) is 11.5 Å². The van der Waals surface area contributed by atoms with Gasteiger partial charge in [0.05, 0.1) is 19.3 Å². The molecule has 0 radical (unpaired) electrons. The summed E-state index contributed by atoms with van der Waals surface area (Å²) in [5.74, 6) is 0.595. The molecule has 2 aromatic rings. The molecule has 0 aliphatic carbocycles. The maximum Gasteiger partial charge on any atom is 0.335 e. The third kappa shape index (κ3) is 5.80. The zero-order valence-corrected chi connectivity index (χ0v) is 14.7. The first-order valence-corrected chi connectivity index (χ1v) is 8.46. The Balaban J connectivity index is 1.88. The molecule has 0 heterocycles. The summed E-state index contributed by atoms with van der Waals surface area (Å²) in [6, 6.07) is 12.8. The minimum atomic E-state index is -0.909. The highest BCUT2D eigenvalue weighted by atomic mass is 16.5. The van der Waals surface area contributed by atoms with Gasteiger partial charge in [0.1, 0.15) is 0 Å². The minimum absolute atomic E-state index is 0.298. The van der Waals surface area contributed by atoms with Crippen molar-refractivity contribution in [2.45, 2.75) is 32.9 Å². The first-order chi connectivity index (χ1) is 12.1. The monoisotopic (exact) mass is 343 g/mol. The highest BCUT2D eigenvalue weighted by Crippen LogP contribution is 2.28. The van der Waals surface area contributed by atoms with Gasteiger partial charge in [0.25, 0.3) is 0 Å². The Labute approximate surface area is 148 Å². The second-order valence-corrected chi connectivity index (χ2v) is 5.79. The molecule has 0 unspecified atom stereocenters. The van der Waals surface area contributed by atoms with Crippen molar-refractivity contribution in [3.05, 3.63) is 59.2 Å². The zero-order valence-electron chi connectivity index (χ0n) is 14.7. The van der Waals surface area contributed by atoms with Crippen LogP contribution in [0.25, 0.3) is 0 Å². The summed E-state index contributed by atoms with van der Waals surface area (Å²) in [5, 5.41) is 12.2. The number of nitrogens with one attached hydrogen (secondary N) is 1. The number of hydrogen-bond donors (Lipinski definition) is 2. The van der Waals surface area contributed by atoms with Crippen LogP contribution in [0.4, 0.5) is 0 Å². The van der Waals surface area contributed by atoms with Gasteiger partial charge in [0.15, 0.2) is 11.5 Å². The molecule has 0 bridgehead atoms. The summed E-state index contributed by atoms with van der Waals surface area (Å²) in [7, 11) is 1.64. The number of ether oxygens (including phenoxy) is 2. The SMILES string of the molecule is CCCCOc1ccc(CNCc2ccc(C(=O)O)cc2)cc1OC. The van der Waals surface area contributed by atoms with Crippen LogP contribution in [0.5, 0.6) is 11.5 Å². The number of hydrogen-bond acceptors (Lipinski definition) is 4. The quantitative estimate of drug-likeness (QED) is 0.641. The number of unbranched alkanes of at least 4 members (excludes halogenated alkanes) is 1. The van der Waals surface area contributed by atoms with E-state index >= 15 is 0 Å². The van der Waals surface area contributed by atoms with E-state index in [9.17, 15) is 4.79 Å². The molecule has 134 valence electrons. The molecule has 0 saturated carbocycles. The van der Waals surface area contributed by atoms with E-state index < -0.39 is 5.97 Å². The lowest BCUT2D eigenvalue weighted by atomic mass is 10.1. The van der Waals surface area contributed by atoms with Gasteiger partial charge in [-0.15, -0.1) is 0 Å². The van der Waals surface area contributed by atoms with E-state index in [0.717, 1.165) is 35.5 Å². The molecule has 0 fully saturated rings. The number of benzene rings is 2. The molecular weight excluding hydrogens is 318 g/mol. The Bertz CT molecular complexity index is 683. The van der Waals surface area contributed by atoms with Crippen molar-refractivity contribution in [2.24, 2.45) is 0 Å². The van der Waals surface area contributed by atoms with Gasteiger partial charge in [0, 0.05) is 13.1 Å². The van der Waals surface area contributed by atoms with E-state index in [2.05, 4.69) is 12.2 Å². The number of aromatic carboxylic acids is 1. The van der Waals surface area contributed by atoms with Gasteiger partial charge in [-0.2, -0.15) is 0 Å². The van der Waals surface area contributed by atoms with Crippen LogP contribution < -0.4 is 14.8 Å². The van der Waals surface area contributed by atoms with Gasteiger partial charge in [-0.1, -0.05) is 31.5 Å². The summed E-state index contributed by atoms with van der Waals surface area (Å²) in [5.41, 5.74) is 2.44. The number of rotatable bonds is 10. The van der Waals surface area contributed by atoms with Gasteiger partial charge in [-0.25, -0.2) is 4.79 Å². The largest absolute Gasteiger partial charge is 0.493 e. The molecule has 2 rings (SSSR count). The van der Waals surface area contributed by atoms with E-state index in [4.69, 9.17) is 14.6 Å². The second-order valence-electron chi connectivity index (χ2n) is 5.79. The molecular formula is C20H25NO4. The van der Waals surface area contributed by atoms with Crippen molar-refractivity contribution in [1.82, 2.24) is 5.32 Å². The van der Waals surface area contributed by atoms with Crippen molar-refractivity contribution in [2.75, 3.05) is 13.7 Å². The van der Waals surface area contributed by atoms with Crippen LogP contribution in [0.3, 0.4) is 0 Å². The minimum Gasteiger partial charge on any atom is -0.493 e.